The molecule has 1 heterocycles. The van der Waals surface area contributed by atoms with Crippen LogP contribution in [0.4, 0.5) is 0 Å². The molecule has 2 rings (SSSR count). The number of piperidine rings is 1. The molecule has 1 aromatic carbocycles. The van der Waals surface area contributed by atoms with Gasteiger partial charge in [-0.15, -0.1) is 0 Å². The van der Waals surface area contributed by atoms with Crippen LogP contribution in [-0.4, -0.2) is 24.0 Å². The second-order valence-corrected chi connectivity index (χ2v) is 4.98. The van der Waals surface area contributed by atoms with Crippen LogP contribution in [0.3, 0.4) is 0 Å². The molecule has 17 heavy (non-hydrogen) atoms. The standard InChI is InChI=1S/C12H14Cl2N2O/c13-9-1-2-10(11(14)7-9)12(16-17)8-3-5-15-6-4-8/h1-2,7-8,15,17H,3-6H2. The topological polar surface area (TPSA) is 44.6 Å². The highest BCUT2D eigenvalue weighted by Gasteiger charge is 2.22. The molecule has 0 aliphatic carbocycles. The molecule has 0 amide bonds. The van der Waals surface area contributed by atoms with Gasteiger partial charge in [-0.1, -0.05) is 34.4 Å². The summed E-state index contributed by atoms with van der Waals surface area (Å²) in [7, 11) is 0. The van der Waals surface area contributed by atoms with Crippen LogP contribution in [0.5, 0.6) is 0 Å². The van der Waals surface area contributed by atoms with Crippen LogP contribution >= 0.6 is 23.2 Å². The summed E-state index contributed by atoms with van der Waals surface area (Å²) in [5.74, 6) is 0.250. The average Bonchev–Trinajstić information content (AvgIpc) is 2.34. The molecule has 1 aromatic rings. The van der Waals surface area contributed by atoms with E-state index >= 15 is 0 Å². The summed E-state index contributed by atoms with van der Waals surface area (Å²) in [4.78, 5) is 0. The van der Waals surface area contributed by atoms with Gasteiger partial charge in [0.25, 0.3) is 0 Å². The van der Waals surface area contributed by atoms with Crippen LogP contribution in [0.15, 0.2) is 23.4 Å². The van der Waals surface area contributed by atoms with Crippen molar-refractivity contribution in [2.75, 3.05) is 13.1 Å². The molecule has 0 atom stereocenters. The largest absolute Gasteiger partial charge is 0.411 e. The van der Waals surface area contributed by atoms with Crippen LogP contribution in [0.2, 0.25) is 10.0 Å². The number of nitrogens with zero attached hydrogens (tertiary/aromatic N) is 1. The quantitative estimate of drug-likeness (QED) is 0.494. The Morgan fingerprint density at radius 3 is 2.59 bits per heavy atom. The first-order chi connectivity index (χ1) is 8.22. The molecule has 0 unspecified atom stereocenters. The van der Waals surface area contributed by atoms with Gasteiger partial charge < -0.3 is 10.5 Å². The van der Waals surface area contributed by atoms with Gasteiger partial charge in [0.2, 0.25) is 0 Å². The monoisotopic (exact) mass is 272 g/mol. The van der Waals surface area contributed by atoms with Gasteiger partial charge in [0.05, 0.1) is 10.7 Å². The van der Waals surface area contributed by atoms with Gasteiger partial charge in [0.15, 0.2) is 0 Å². The summed E-state index contributed by atoms with van der Waals surface area (Å²) in [6.45, 7) is 1.88. The van der Waals surface area contributed by atoms with Crippen molar-refractivity contribution in [2.45, 2.75) is 12.8 Å². The molecule has 1 aliphatic heterocycles. The Morgan fingerprint density at radius 2 is 2.00 bits per heavy atom. The lowest BCUT2D eigenvalue weighted by molar-refractivity contribution is 0.311. The van der Waals surface area contributed by atoms with Crippen LogP contribution in [0, 0.1) is 5.92 Å². The Labute approximate surface area is 110 Å². The maximum absolute atomic E-state index is 9.20. The molecule has 2 N–H and O–H groups in total. The Balaban J connectivity index is 2.28. The fourth-order valence-electron chi connectivity index (χ4n) is 2.15. The maximum Gasteiger partial charge on any atom is 0.0914 e. The highest BCUT2D eigenvalue weighted by molar-refractivity contribution is 6.37. The van der Waals surface area contributed by atoms with E-state index < -0.39 is 0 Å². The van der Waals surface area contributed by atoms with Gasteiger partial charge >= 0.3 is 0 Å². The van der Waals surface area contributed by atoms with Gasteiger partial charge in [-0.2, -0.15) is 0 Å². The van der Waals surface area contributed by atoms with Gasteiger partial charge in [-0.25, -0.2) is 0 Å². The molecule has 0 radical (unpaired) electrons. The summed E-state index contributed by atoms with van der Waals surface area (Å²) in [6, 6.07) is 5.24. The van der Waals surface area contributed by atoms with Crippen molar-refractivity contribution < 1.29 is 5.21 Å². The fraction of sp³-hybridized carbons (Fsp3) is 0.417. The van der Waals surface area contributed by atoms with E-state index in [0.717, 1.165) is 31.5 Å². The lowest BCUT2D eigenvalue weighted by Crippen LogP contribution is -2.32. The van der Waals surface area contributed by atoms with E-state index in [9.17, 15) is 5.21 Å². The number of nitrogens with one attached hydrogen (secondary N) is 1. The minimum Gasteiger partial charge on any atom is -0.411 e. The van der Waals surface area contributed by atoms with E-state index in [1.165, 1.54) is 0 Å². The van der Waals surface area contributed by atoms with Crippen LogP contribution < -0.4 is 5.32 Å². The van der Waals surface area contributed by atoms with Crippen molar-refractivity contribution in [2.24, 2.45) is 11.1 Å². The van der Waals surface area contributed by atoms with Gasteiger partial charge in [0, 0.05) is 16.5 Å². The number of rotatable bonds is 2. The number of hydrogen-bond acceptors (Lipinski definition) is 3. The van der Waals surface area contributed by atoms with E-state index in [1.54, 1.807) is 12.1 Å². The molecule has 0 bridgehead atoms. The lowest BCUT2D eigenvalue weighted by atomic mass is 9.89. The van der Waals surface area contributed by atoms with E-state index in [2.05, 4.69) is 10.5 Å². The molecule has 3 nitrogen and oxygen atoms in total. The zero-order valence-electron chi connectivity index (χ0n) is 9.29. The third-order valence-corrected chi connectivity index (χ3v) is 3.59. The summed E-state index contributed by atoms with van der Waals surface area (Å²) in [5, 5.41) is 17.0. The number of benzene rings is 1. The molecule has 1 saturated heterocycles. The van der Waals surface area contributed by atoms with E-state index in [0.29, 0.717) is 15.8 Å². The smallest absolute Gasteiger partial charge is 0.0914 e. The third-order valence-electron chi connectivity index (χ3n) is 3.04. The molecule has 0 saturated carbocycles. The van der Waals surface area contributed by atoms with Gasteiger partial charge in [-0.3, -0.25) is 0 Å². The Kier molecular flexibility index (Phi) is 4.26. The van der Waals surface area contributed by atoms with Crippen LogP contribution in [0.25, 0.3) is 0 Å². The first-order valence-corrected chi connectivity index (χ1v) is 6.36. The third kappa shape index (κ3) is 2.92. The lowest BCUT2D eigenvalue weighted by Gasteiger charge is -2.23. The highest BCUT2D eigenvalue weighted by Crippen LogP contribution is 2.26. The number of halogens is 2. The van der Waals surface area contributed by atoms with E-state index in [-0.39, 0.29) is 5.92 Å². The molecule has 92 valence electrons. The van der Waals surface area contributed by atoms with Crippen molar-refractivity contribution in [3.63, 3.8) is 0 Å². The van der Waals surface area contributed by atoms with Crippen molar-refractivity contribution in [3.8, 4) is 0 Å². The second kappa shape index (κ2) is 5.71. The second-order valence-electron chi connectivity index (χ2n) is 4.13. The molecule has 1 fully saturated rings. The zero-order chi connectivity index (χ0) is 12.3. The molecule has 0 aromatic heterocycles. The van der Waals surface area contributed by atoms with Crippen LogP contribution in [-0.2, 0) is 0 Å². The first kappa shape index (κ1) is 12.7. The fourth-order valence-corrected chi connectivity index (χ4v) is 2.65. The number of oxime groups is 1. The van der Waals surface area contributed by atoms with Crippen molar-refractivity contribution in [1.82, 2.24) is 5.32 Å². The zero-order valence-corrected chi connectivity index (χ0v) is 10.8. The Hall–Kier alpha value is -0.770. The Bertz CT molecular complexity index is 429. The average molecular weight is 273 g/mol. The predicted molar refractivity (Wildman–Crippen MR) is 70.4 cm³/mol. The van der Waals surface area contributed by atoms with Crippen molar-refractivity contribution in [1.29, 1.82) is 0 Å². The first-order valence-electron chi connectivity index (χ1n) is 5.60. The summed E-state index contributed by atoms with van der Waals surface area (Å²) in [5.41, 5.74) is 1.43. The predicted octanol–water partition coefficient (Wildman–Crippen LogP) is 3.17. The van der Waals surface area contributed by atoms with E-state index in [4.69, 9.17) is 23.2 Å². The molecule has 1 aliphatic rings. The highest BCUT2D eigenvalue weighted by atomic mass is 35.5. The summed E-state index contributed by atoms with van der Waals surface area (Å²) >= 11 is 12.0. The molecular formula is C12H14Cl2N2O. The van der Waals surface area contributed by atoms with E-state index in [1.807, 2.05) is 6.07 Å². The molecule has 5 heteroatoms. The maximum atomic E-state index is 9.20. The van der Waals surface area contributed by atoms with Crippen molar-refractivity contribution in [3.05, 3.63) is 33.8 Å². The summed E-state index contributed by atoms with van der Waals surface area (Å²) in [6.07, 6.45) is 1.91. The van der Waals surface area contributed by atoms with Gasteiger partial charge in [-0.05, 0) is 38.1 Å². The van der Waals surface area contributed by atoms with Crippen LogP contribution in [0.1, 0.15) is 18.4 Å². The van der Waals surface area contributed by atoms with Gasteiger partial charge in [0.1, 0.15) is 0 Å². The van der Waals surface area contributed by atoms with Crippen molar-refractivity contribution >= 4 is 28.9 Å². The minimum atomic E-state index is 0.250. The minimum absolute atomic E-state index is 0.250. The Morgan fingerprint density at radius 1 is 1.29 bits per heavy atom. The summed E-state index contributed by atoms with van der Waals surface area (Å²) < 4.78 is 0. The normalized spacial score (nSPS) is 18.4. The molecular weight excluding hydrogens is 259 g/mol. The molecule has 0 spiro atoms. The SMILES string of the molecule is ON=C(c1ccc(Cl)cc1Cl)C1CCNCC1. The number of hydrogen-bond donors (Lipinski definition) is 2.